The first kappa shape index (κ1) is 21.3. The van der Waals surface area contributed by atoms with Gasteiger partial charge >= 0.3 is 0 Å². The van der Waals surface area contributed by atoms with Gasteiger partial charge in [0.15, 0.2) is 0 Å². The number of carbonyl (C=O) groups excluding carboxylic acids is 3. The Hall–Kier alpha value is -2.77. The van der Waals surface area contributed by atoms with Crippen LogP contribution in [0.1, 0.15) is 24.2 Å². The summed E-state index contributed by atoms with van der Waals surface area (Å²) in [6.07, 6.45) is 0. The lowest BCUT2D eigenvalue weighted by Gasteiger charge is -2.22. The average molecular weight is 365 g/mol. The van der Waals surface area contributed by atoms with Crippen molar-refractivity contribution in [2.45, 2.75) is 19.9 Å². The molecule has 0 aromatic heterocycles. The van der Waals surface area contributed by atoms with Crippen molar-refractivity contribution in [1.29, 1.82) is 0 Å². The van der Waals surface area contributed by atoms with Crippen LogP contribution in [0.4, 0.5) is 0 Å². The topological polar surface area (TPSA) is 97.0 Å². The highest BCUT2D eigenvalue weighted by Gasteiger charge is 2.25. The number of benzene rings is 1. The molecule has 0 aliphatic rings. The third-order valence-corrected chi connectivity index (χ3v) is 3.76. The van der Waals surface area contributed by atoms with Crippen LogP contribution in [0.15, 0.2) is 18.2 Å². The number of carbonyl (C=O) groups is 3. The maximum Gasteiger partial charge on any atom is 0.252 e. The summed E-state index contributed by atoms with van der Waals surface area (Å²) in [7, 11) is 6.18. The number of likely N-dealkylation sites (N-methyl/N-ethyl adjacent to an activating group) is 1. The Balaban J connectivity index is 2.88. The molecule has 144 valence electrons. The number of nitrogens with zero attached hydrogens (tertiary/aromatic N) is 1. The monoisotopic (exact) mass is 365 g/mol. The fourth-order valence-electron chi connectivity index (χ4n) is 2.13. The van der Waals surface area contributed by atoms with Crippen molar-refractivity contribution < 1.29 is 23.9 Å². The Morgan fingerprint density at radius 1 is 1.04 bits per heavy atom. The minimum atomic E-state index is -0.783. The maximum absolute atomic E-state index is 12.6. The van der Waals surface area contributed by atoms with Gasteiger partial charge in [0.25, 0.3) is 5.91 Å². The van der Waals surface area contributed by atoms with Gasteiger partial charge < -0.3 is 25.0 Å². The van der Waals surface area contributed by atoms with Crippen LogP contribution in [-0.4, -0.2) is 63.5 Å². The molecule has 1 aromatic rings. The van der Waals surface area contributed by atoms with E-state index in [0.717, 1.165) is 0 Å². The molecular weight excluding hydrogens is 338 g/mol. The van der Waals surface area contributed by atoms with Crippen LogP contribution in [0, 0.1) is 5.92 Å². The third-order valence-electron chi connectivity index (χ3n) is 3.76. The van der Waals surface area contributed by atoms with Gasteiger partial charge in [-0.15, -0.1) is 0 Å². The molecule has 3 amide bonds. The molecule has 1 aromatic carbocycles. The van der Waals surface area contributed by atoms with E-state index < -0.39 is 17.9 Å². The van der Waals surface area contributed by atoms with Crippen molar-refractivity contribution >= 4 is 17.7 Å². The van der Waals surface area contributed by atoms with E-state index in [4.69, 9.17) is 9.47 Å². The van der Waals surface area contributed by atoms with Gasteiger partial charge in [0.2, 0.25) is 11.8 Å². The van der Waals surface area contributed by atoms with Crippen LogP contribution >= 0.6 is 0 Å². The largest absolute Gasteiger partial charge is 0.497 e. The van der Waals surface area contributed by atoms with Gasteiger partial charge in [-0.2, -0.15) is 0 Å². The van der Waals surface area contributed by atoms with Crippen molar-refractivity contribution in [3.63, 3.8) is 0 Å². The number of amides is 3. The number of nitrogens with one attached hydrogen (secondary N) is 2. The Morgan fingerprint density at radius 3 is 2.00 bits per heavy atom. The lowest BCUT2D eigenvalue weighted by Crippen LogP contribution is -2.51. The normalized spacial score (nSPS) is 11.5. The minimum absolute atomic E-state index is 0.127. The maximum atomic E-state index is 12.6. The standard InChI is InChI=1S/C18H27N3O5/c1-11(2)16(18(24)19-10-15(22)21(3)4)20-17(23)12-7-13(25-5)9-14(8-12)26-6/h7-9,11,16H,10H2,1-6H3,(H,19,24)(H,20,23). The SMILES string of the molecule is COc1cc(OC)cc(C(=O)NC(C(=O)NCC(=O)N(C)C)C(C)C)c1. The molecule has 1 rings (SSSR count). The van der Waals surface area contributed by atoms with E-state index in [9.17, 15) is 14.4 Å². The second kappa shape index (κ2) is 9.65. The molecule has 0 bridgehead atoms. The lowest BCUT2D eigenvalue weighted by atomic mass is 10.0. The third kappa shape index (κ3) is 5.94. The smallest absolute Gasteiger partial charge is 0.252 e. The van der Waals surface area contributed by atoms with Crippen molar-refractivity contribution in [1.82, 2.24) is 15.5 Å². The first-order valence-corrected chi connectivity index (χ1v) is 8.21. The molecule has 0 saturated heterocycles. The molecule has 26 heavy (non-hydrogen) atoms. The van der Waals surface area contributed by atoms with Crippen LogP contribution in [-0.2, 0) is 9.59 Å². The van der Waals surface area contributed by atoms with Gasteiger partial charge in [0, 0.05) is 25.7 Å². The Bertz CT molecular complexity index is 636. The number of hydrogen-bond acceptors (Lipinski definition) is 5. The number of hydrogen-bond donors (Lipinski definition) is 2. The highest BCUT2D eigenvalue weighted by Crippen LogP contribution is 2.22. The van der Waals surface area contributed by atoms with E-state index >= 15 is 0 Å². The highest BCUT2D eigenvalue weighted by molar-refractivity contribution is 5.98. The fourth-order valence-corrected chi connectivity index (χ4v) is 2.13. The summed E-state index contributed by atoms with van der Waals surface area (Å²) < 4.78 is 10.3. The van der Waals surface area contributed by atoms with E-state index in [1.54, 1.807) is 32.3 Å². The molecule has 2 N–H and O–H groups in total. The summed E-state index contributed by atoms with van der Waals surface area (Å²) in [5, 5.41) is 5.25. The molecule has 0 fully saturated rings. The molecule has 8 heteroatoms. The minimum Gasteiger partial charge on any atom is -0.497 e. The van der Waals surface area contributed by atoms with Crippen molar-refractivity contribution in [2.75, 3.05) is 34.9 Å². The molecule has 0 aliphatic carbocycles. The second-order valence-electron chi connectivity index (χ2n) is 6.30. The molecule has 1 unspecified atom stereocenters. The second-order valence-corrected chi connectivity index (χ2v) is 6.30. The van der Waals surface area contributed by atoms with Crippen molar-refractivity contribution in [2.24, 2.45) is 5.92 Å². The van der Waals surface area contributed by atoms with Gasteiger partial charge in [-0.05, 0) is 18.1 Å². The zero-order valence-electron chi connectivity index (χ0n) is 16.1. The molecule has 1 atom stereocenters. The van der Waals surface area contributed by atoms with E-state index in [1.165, 1.54) is 19.1 Å². The fraction of sp³-hybridized carbons (Fsp3) is 0.500. The average Bonchev–Trinajstić information content (AvgIpc) is 2.62. The number of methoxy groups -OCH3 is 2. The van der Waals surface area contributed by atoms with Gasteiger partial charge in [-0.3, -0.25) is 14.4 Å². The summed E-state index contributed by atoms with van der Waals surface area (Å²) in [6.45, 7) is 3.49. The summed E-state index contributed by atoms with van der Waals surface area (Å²) >= 11 is 0. The van der Waals surface area contributed by atoms with E-state index in [-0.39, 0.29) is 18.4 Å². The number of rotatable bonds is 8. The summed E-state index contributed by atoms with van der Waals surface area (Å²) in [5.74, 6) is -0.313. The predicted molar refractivity (Wildman–Crippen MR) is 97.3 cm³/mol. The predicted octanol–water partition coefficient (Wildman–Crippen LogP) is 0.663. The van der Waals surface area contributed by atoms with Gasteiger partial charge in [0.05, 0.1) is 20.8 Å². The number of ether oxygens (including phenoxy) is 2. The molecular formula is C18H27N3O5. The van der Waals surface area contributed by atoms with E-state index in [0.29, 0.717) is 17.1 Å². The first-order valence-electron chi connectivity index (χ1n) is 8.21. The summed E-state index contributed by atoms with van der Waals surface area (Å²) in [5.41, 5.74) is 0.309. The summed E-state index contributed by atoms with van der Waals surface area (Å²) in [4.78, 5) is 37.9. The Morgan fingerprint density at radius 2 is 1.58 bits per heavy atom. The van der Waals surface area contributed by atoms with Gasteiger partial charge in [-0.1, -0.05) is 13.8 Å². The van der Waals surface area contributed by atoms with Crippen molar-refractivity contribution in [3.8, 4) is 11.5 Å². The molecule has 0 spiro atoms. The van der Waals surface area contributed by atoms with Crippen LogP contribution in [0.25, 0.3) is 0 Å². The molecule has 0 heterocycles. The van der Waals surface area contributed by atoms with Gasteiger partial charge in [0.1, 0.15) is 17.5 Å². The summed E-state index contributed by atoms with van der Waals surface area (Å²) in [6, 6.07) is 3.98. The first-order chi connectivity index (χ1) is 12.2. The lowest BCUT2D eigenvalue weighted by molar-refractivity contribution is -0.131. The van der Waals surface area contributed by atoms with Crippen LogP contribution in [0.5, 0.6) is 11.5 Å². The van der Waals surface area contributed by atoms with Crippen molar-refractivity contribution in [3.05, 3.63) is 23.8 Å². The van der Waals surface area contributed by atoms with Crippen LogP contribution in [0.3, 0.4) is 0 Å². The Labute approximate surface area is 153 Å². The van der Waals surface area contributed by atoms with E-state index in [2.05, 4.69) is 10.6 Å². The zero-order chi connectivity index (χ0) is 19.9. The molecule has 0 saturated carbocycles. The molecule has 8 nitrogen and oxygen atoms in total. The molecule has 0 aliphatic heterocycles. The van der Waals surface area contributed by atoms with E-state index in [1.807, 2.05) is 13.8 Å². The van der Waals surface area contributed by atoms with Gasteiger partial charge in [-0.25, -0.2) is 0 Å². The highest BCUT2D eigenvalue weighted by atomic mass is 16.5. The quantitative estimate of drug-likeness (QED) is 0.705. The zero-order valence-corrected chi connectivity index (χ0v) is 16.1. The van der Waals surface area contributed by atoms with Crippen LogP contribution < -0.4 is 20.1 Å². The molecule has 0 radical (unpaired) electrons. The van der Waals surface area contributed by atoms with Crippen LogP contribution in [0.2, 0.25) is 0 Å². The Kier molecular flexibility index (Phi) is 7.89.